The fraction of sp³-hybridized carbons (Fsp3) is 0.526. The summed E-state index contributed by atoms with van der Waals surface area (Å²) >= 11 is 0. The van der Waals surface area contributed by atoms with Crippen LogP contribution in [0.5, 0.6) is 0 Å². The summed E-state index contributed by atoms with van der Waals surface area (Å²) in [7, 11) is 0. The number of nitrogens with one attached hydrogen (secondary N) is 2. The van der Waals surface area contributed by atoms with Crippen LogP contribution in [0.1, 0.15) is 38.2 Å². The maximum absolute atomic E-state index is 13.4. The molecular weight excluding hydrogens is 307 g/mol. The number of benzene rings is 1. The van der Waals surface area contributed by atoms with Gasteiger partial charge in [-0.1, -0.05) is 6.92 Å². The van der Waals surface area contributed by atoms with Crippen molar-refractivity contribution in [2.45, 2.75) is 45.1 Å². The summed E-state index contributed by atoms with van der Waals surface area (Å²) in [6.07, 6.45) is 6.41. The molecule has 1 saturated heterocycles. The highest BCUT2D eigenvalue weighted by molar-refractivity contribution is 5.83. The van der Waals surface area contributed by atoms with Gasteiger partial charge in [0, 0.05) is 36.7 Å². The summed E-state index contributed by atoms with van der Waals surface area (Å²) in [5.74, 6) is 0.283. The number of carbonyl (C=O) groups excluding carboxylic acids is 1. The van der Waals surface area contributed by atoms with E-state index in [1.54, 1.807) is 6.07 Å². The van der Waals surface area contributed by atoms with Crippen molar-refractivity contribution in [1.82, 2.24) is 10.3 Å². The normalized spacial score (nSPS) is 21.1. The zero-order chi connectivity index (χ0) is 16.9. The Kier molecular flexibility index (Phi) is 5.51. The third-order valence-electron chi connectivity index (χ3n) is 4.85. The molecule has 0 spiro atoms. The molecule has 1 aliphatic heterocycles. The van der Waals surface area contributed by atoms with Gasteiger partial charge in [0.2, 0.25) is 5.91 Å². The number of hydrogen-bond acceptors (Lipinski definition) is 2. The van der Waals surface area contributed by atoms with E-state index in [0.29, 0.717) is 31.4 Å². The first-order chi connectivity index (χ1) is 11.7. The van der Waals surface area contributed by atoms with Gasteiger partial charge in [0.25, 0.3) is 0 Å². The lowest BCUT2D eigenvalue weighted by Gasteiger charge is -2.28. The maximum atomic E-state index is 13.4. The van der Waals surface area contributed by atoms with E-state index in [9.17, 15) is 9.18 Å². The van der Waals surface area contributed by atoms with Gasteiger partial charge in [0.05, 0.1) is 6.10 Å². The first kappa shape index (κ1) is 17.0. The number of aromatic amines is 1. The van der Waals surface area contributed by atoms with Crippen LogP contribution in [0, 0.1) is 11.7 Å². The van der Waals surface area contributed by atoms with Gasteiger partial charge in [-0.25, -0.2) is 4.39 Å². The molecule has 0 saturated carbocycles. The van der Waals surface area contributed by atoms with E-state index in [-0.39, 0.29) is 11.7 Å². The summed E-state index contributed by atoms with van der Waals surface area (Å²) in [5.41, 5.74) is 1.95. The van der Waals surface area contributed by atoms with E-state index in [0.717, 1.165) is 42.3 Å². The van der Waals surface area contributed by atoms with E-state index in [1.807, 2.05) is 6.20 Å². The van der Waals surface area contributed by atoms with Gasteiger partial charge in [-0.05, 0) is 55.4 Å². The topological polar surface area (TPSA) is 54.1 Å². The molecule has 0 radical (unpaired) electrons. The van der Waals surface area contributed by atoms with Gasteiger partial charge in [-0.15, -0.1) is 0 Å². The Morgan fingerprint density at radius 2 is 2.33 bits per heavy atom. The van der Waals surface area contributed by atoms with Crippen molar-refractivity contribution in [2.75, 3.05) is 13.2 Å². The second-order valence-corrected chi connectivity index (χ2v) is 6.60. The summed E-state index contributed by atoms with van der Waals surface area (Å²) in [5, 5.41) is 3.88. The number of aromatic nitrogens is 1. The second-order valence-electron chi connectivity index (χ2n) is 6.60. The number of hydrogen-bond donors (Lipinski definition) is 2. The van der Waals surface area contributed by atoms with Crippen LogP contribution >= 0.6 is 0 Å². The quantitative estimate of drug-likeness (QED) is 0.850. The van der Waals surface area contributed by atoms with Crippen LogP contribution in [0.4, 0.5) is 4.39 Å². The van der Waals surface area contributed by atoms with Crippen molar-refractivity contribution < 1.29 is 13.9 Å². The number of rotatable bonds is 6. The summed E-state index contributed by atoms with van der Waals surface area (Å²) in [6, 6.07) is 4.72. The van der Waals surface area contributed by atoms with E-state index in [1.165, 1.54) is 12.1 Å². The minimum absolute atomic E-state index is 0.0998. The lowest BCUT2D eigenvalue weighted by atomic mass is 9.91. The van der Waals surface area contributed by atoms with Crippen molar-refractivity contribution in [3.05, 3.63) is 35.8 Å². The number of amides is 1. The van der Waals surface area contributed by atoms with Crippen molar-refractivity contribution in [3.63, 3.8) is 0 Å². The first-order valence-electron chi connectivity index (χ1n) is 8.79. The van der Waals surface area contributed by atoms with Gasteiger partial charge >= 0.3 is 0 Å². The Labute approximate surface area is 141 Å². The number of halogens is 1. The van der Waals surface area contributed by atoms with Crippen LogP contribution in [0.3, 0.4) is 0 Å². The molecule has 0 unspecified atom stereocenters. The van der Waals surface area contributed by atoms with E-state index in [4.69, 9.17) is 4.74 Å². The molecule has 2 aromatic rings. The Morgan fingerprint density at radius 3 is 3.17 bits per heavy atom. The van der Waals surface area contributed by atoms with Crippen LogP contribution in [-0.4, -0.2) is 30.1 Å². The van der Waals surface area contributed by atoms with Crippen LogP contribution < -0.4 is 5.32 Å². The lowest BCUT2D eigenvalue weighted by molar-refractivity contribution is -0.123. The zero-order valence-corrected chi connectivity index (χ0v) is 14.1. The van der Waals surface area contributed by atoms with Crippen LogP contribution in [0.25, 0.3) is 10.9 Å². The molecular formula is C19H25FN2O2. The second kappa shape index (κ2) is 7.79. The minimum Gasteiger partial charge on any atom is -0.378 e. The van der Waals surface area contributed by atoms with E-state index >= 15 is 0 Å². The zero-order valence-electron chi connectivity index (χ0n) is 14.1. The Bertz CT molecular complexity index is 698. The monoisotopic (exact) mass is 332 g/mol. The molecule has 130 valence electrons. The summed E-state index contributed by atoms with van der Waals surface area (Å²) < 4.78 is 19.0. The van der Waals surface area contributed by atoms with E-state index in [2.05, 4.69) is 17.2 Å². The average Bonchev–Trinajstić information content (AvgIpc) is 2.97. The molecule has 5 heteroatoms. The van der Waals surface area contributed by atoms with Crippen LogP contribution in [-0.2, 0) is 16.0 Å². The molecule has 1 fully saturated rings. The number of fused-ring (bicyclic) bond motifs is 1. The van der Waals surface area contributed by atoms with Crippen molar-refractivity contribution in [1.29, 1.82) is 0 Å². The molecule has 3 rings (SSSR count). The molecule has 1 aromatic carbocycles. The predicted octanol–water partition coefficient (Wildman–Crippen LogP) is 3.56. The van der Waals surface area contributed by atoms with Crippen LogP contribution in [0.15, 0.2) is 24.4 Å². The summed E-state index contributed by atoms with van der Waals surface area (Å²) in [4.78, 5) is 15.3. The molecule has 2 atom stereocenters. The highest BCUT2D eigenvalue weighted by atomic mass is 19.1. The van der Waals surface area contributed by atoms with Gasteiger partial charge in [-0.3, -0.25) is 4.79 Å². The minimum atomic E-state index is -0.239. The van der Waals surface area contributed by atoms with Gasteiger partial charge < -0.3 is 15.0 Å². The maximum Gasteiger partial charge on any atom is 0.220 e. The van der Waals surface area contributed by atoms with Crippen molar-refractivity contribution >= 4 is 16.8 Å². The highest BCUT2D eigenvalue weighted by Gasteiger charge is 2.23. The Hall–Kier alpha value is -1.88. The SMILES string of the molecule is CC[C@@H]1C[C@H](CC(=O)NCCc2c[nH]c3ccc(F)cc23)CCO1. The fourth-order valence-corrected chi connectivity index (χ4v) is 3.46. The molecule has 2 heterocycles. The first-order valence-corrected chi connectivity index (χ1v) is 8.79. The predicted molar refractivity (Wildman–Crippen MR) is 92.3 cm³/mol. The van der Waals surface area contributed by atoms with Gasteiger partial charge in [-0.2, -0.15) is 0 Å². The molecule has 1 aromatic heterocycles. The highest BCUT2D eigenvalue weighted by Crippen LogP contribution is 2.24. The fourth-order valence-electron chi connectivity index (χ4n) is 3.46. The molecule has 24 heavy (non-hydrogen) atoms. The number of ether oxygens (including phenoxy) is 1. The molecule has 0 bridgehead atoms. The van der Waals surface area contributed by atoms with E-state index < -0.39 is 0 Å². The smallest absolute Gasteiger partial charge is 0.220 e. The van der Waals surface area contributed by atoms with Gasteiger partial charge in [0.1, 0.15) is 5.82 Å². The Morgan fingerprint density at radius 1 is 1.46 bits per heavy atom. The number of carbonyl (C=O) groups is 1. The third kappa shape index (κ3) is 4.15. The number of H-pyrrole nitrogens is 1. The lowest BCUT2D eigenvalue weighted by Crippen LogP contribution is -2.31. The molecule has 2 N–H and O–H groups in total. The average molecular weight is 332 g/mol. The summed E-state index contributed by atoms with van der Waals surface area (Å²) in [6.45, 7) is 3.46. The third-order valence-corrected chi connectivity index (χ3v) is 4.85. The van der Waals surface area contributed by atoms with Crippen molar-refractivity contribution in [2.24, 2.45) is 5.92 Å². The van der Waals surface area contributed by atoms with Gasteiger partial charge in [0.15, 0.2) is 0 Å². The molecule has 1 aliphatic rings. The Balaban J connectivity index is 1.47. The molecule has 0 aliphatic carbocycles. The molecule has 1 amide bonds. The standard InChI is InChI=1S/C19H25FN2O2/c1-2-16-9-13(6-8-24-16)10-19(23)21-7-5-14-12-22-18-4-3-15(20)11-17(14)18/h3-4,11-13,16,22H,2,5-10H2,1H3,(H,21,23)/t13-,16-/m1/s1. The largest absolute Gasteiger partial charge is 0.378 e. The van der Waals surface area contributed by atoms with Crippen LogP contribution in [0.2, 0.25) is 0 Å². The molecule has 4 nitrogen and oxygen atoms in total. The van der Waals surface area contributed by atoms with Crippen molar-refractivity contribution in [3.8, 4) is 0 Å².